The maximum atomic E-state index is 11.2. The van der Waals surface area contributed by atoms with Gasteiger partial charge in [0.2, 0.25) is 0 Å². The smallest absolute Gasteiger partial charge is 0.153 e. The zero-order valence-corrected chi connectivity index (χ0v) is 15.9. The molecule has 0 aliphatic carbocycles. The van der Waals surface area contributed by atoms with Crippen molar-refractivity contribution in [2.45, 2.75) is 52.2 Å². The minimum Gasteiger partial charge on any atom is -0.507 e. The van der Waals surface area contributed by atoms with Crippen molar-refractivity contribution in [3.05, 3.63) is 28.8 Å². The van der Waals surface area contributed by atoms with E-state index in [0.717, 1.165) is 50.1 Å². The molecule has 6 heteroatoms. The second-order valence-corrected chi connectivity index (χ2v) is 7.40. The number of nitrogens with two attached hydrogens (primary N) is 2. The van der Waals surface area contributed by atoms with Crippen molar-refractivity contribution >= 4 is 6.29 Å². The molecule has 0 radical (unpaired) electrons. The number of aromatic hydroxyl groups is 1. The fourth-order valence-electron chi connectivity index (χ4n) is 2.36. The van der Waals surface area contributed by atoms with Crippen LogP contribution in [0.1, 0.15) is 55.6 Å². The van der Waals surface area contributed by atoms with Crippen LogP contribution in [0.2, 0.25) is 0 Å². The van der Waals surface area contributed by atoms with Gasteiger partial charge in [0.05, 0.1) is 24.9 Å². The summed E-state index contributed by atoms with van der Waals surface area (Å²) in [6, 6.07) is 3.79. The van der Waals surface area contributed by atoms with E-state index in [-0.39, 0.29) is 17.3 Å². The van der Waals surface area contributed by atoms with E-state index < -0.39 is 0 Å². The summed E-state index contributed by atoms with van der Waals surface area (Å²) < 4.78 is 5.33. The fraction of sp³-hybridized carbons (Fsp3) is 0.632. The van der Waals surface area contributed by atoms with Gasteiger partial charge in [0.15, 0.2) is 6.29 Å². The number of benzene rings is 1. The normalized spacial score (nSPS) is 15.6. The number of morpholine rings is 1. The molecule has 2 rings (SSSR count). The summed E-state index contributed by atoms with van der Waals surface area (Å²) in [7, 11) is 0. The van der Waals surface area contributed by atoms with Gasteiger partial charge in [-0.15, -0.1) is 0 Å². The first-order valence-electron chi connectivity index (χ1n) is 8.81. The van der Waals surface area contributed by atoms with Crippen molar-refractivity contribution in [1.29, 1.82) is 0 Å². The number of phenols is 1. The highest BCUT2D eigenvalue weighted by Gasteiger charge is 2.20. The summed E-state index contributed by atoms with van der Waals surface area (Å²) in [5.41, 5.74) is 12.4. The fourth-order valence-corrected chi connectivity index (χ4v) is 2.36. The average molecular weight is 351 g/mol. The molecule has 1 aliphatic heterocycles. The van der Waals surface area contributed by atoms with Crippen molar-refractivity contribution in [2.24, 2.45) is 11.5 Å². The second kappa shape index (κ2) is 9.87. The molecule has 1 fully saturated rings. The molecule has 0 unspecified atom stereocenters. The van der Waals surface area contributed by atoms with E-state index in [4.69, 9.17) is 16.2 Å². The maximum absolute atomic E-state index is 11.2. The topological polar surface area (TPSA) is 102 Å². The Morgan fingerprint density at radius 2 is 1.84 bits per heavy atom. The first-order chi connectivity index (χ1) is 11.7. The molecule has 1 aromatic carbocycles. The molecule has 1 saturated heterocycles. The average Bonchev–Trinajstić information content (AvgIpc) is 2.57. The number of rotatable bonds is 4. The highest BCUT2D eigenvalue weighted by molar-refractivity contribution is 5.80. The highest BCUT2D eigenvalue weighted by atomic mass is 16.5. The SMILES string of the molecule is CC(C)(C)c1cc(C=O)c(O)c(CN2CCOCC2)c1.CCC(N)N. The van der Waals surface area contributed by atoms with Gasteiger partial charge < -0.3 is 21.3 Å². The summed E-state index contributed by atoms with van der Waals surface area (Å²) in [4.78, 5) is 13.4. The van der Waals surface area contributed by atoms with Gasteiger partial charge in [0.1, 0.15) is 5.75 Å². The Morgan fingerprint density at radius 1 is 1.28 bits per heavy atom. The largest absolute Gasteiger partial charge is 0.507 e. The first-order valence-corrected chi connectivity index (χ1v) is 8.81. The summed E-state index contributed by atoms with van der Waals surface area (Å²) in [5.74, 6) is 0.111. The molecule has 0 atom stereocenters. The molecule has 0 bridgehead atoms. The van der Waals surface area contributed by atoms with Crippen molar-refractivity contribution in [3.8, 4) is 5.75 Å². The zero-order chi connectivity index (χ0) is 19.0. The molecule has 25 heavy (non-hydrogen) atoms. The Balaban J connectivity index is 0.000000550. The summed E-state index contributed by atoms with van der Waals surface area (Å²) in [5, 5.41) is 10.2. The Labute approximate surface area is 151 Å². The third kappa shape index (κ3) is 7.12. The van der Waals surface area contributed by atoms with Crippen molar-refractivity contribution in [2.75, 3.05) is 26.3 Å². The predicted octanol–water partition coefficient (Wildman–Crippen LogP) is 1.97. The number of ether oxygens (including phenoxy) is 1. The lowest BCUT2D eigenvalue weighted by atomic mass is 9.84. The van der Waals surface area contributed by atoms with Crippen LogP contribution in [-0.4, -0.2) is 48.8 Å². The molecule has 1 aromatic rings. The van der Waals surface area contributed by atoms with Gasteiger partial charge in [-0.3, -0.25) is 9.69 Å². The molecule has 142 valence electrons. The van der Waals surface area contributed by atoms with Crippen molar-refractivity contribution in [1.82, 2.24) is 4.90 Å². The molecule has 1 heterocycles. The van der Waals surface area contributed by atoms with Crippen LogP contribution in [0.3, 0.4) is 0 Å². The zero-order valence-electron chi connectivity index (χ0n) is 15.9. The summed E-state index contributed by atoms with van der Waals surface area (Å²) >= 11 is 0. The van der Waals surface area contributed by atoms with Crippen LogP contribution in [0.15, 0.2) is 12.1 Å². The van der Waals surface area contributed by atoms with E-state index in [1.165, 1.54) is 0 Å². The van der Waals surface area contributed by atoms with E-state index in [1.54, 1.807) is 6.07 Å². The molecule has 5 N–H and O–H groups in total. The van der Waals surface area contributed by atoms with Crippen LogP contribution in [0.25, 0.3) is 0 Å². The van der Waals surface area contributed by atoms with Gasteiger partial charge in [0.25, 0.3) is 0 Å². The molecule has 0 amide bonds. The number of carbonyl (C=O) groups is 1. The van der Waals surface area contributed by atoms with E-state index in [2.05, 4.69) is 25.7 Å². The van der Waals surface area contributed by atoms with Crippen LogP contribution < -0.4 is 11.5 Å². The number of carbonyl (C=O) groups excluding carboxylic acids is 1. The van der Waals surface area contributed by atoms with Gasteiger partial charge in [-0.25, -0.2) is 0 Å². The number of nitrogens with zero attached hydrogens (tertiary/aromatic N) is 1. The number of hydrogen-bond acceptors (Lipinski definition) is 6. The number of phenolic OH excluding ortho intramolecular Hbond substituents is 1. The number of aldehydes is 1. The van der Waals surface area contributed by atoms with Crippen molar-refractivity contribution in [3.63, 3.8) is 0 Å². The Morgan fingerprint density at radius 3 is 2.28 bits per heavy atom. The minimum absolute atomic E-state index is 0.0504. The predicted molar refractivity (Wildman–Crippen MR) is 101 cm³/mol. The van der Waals surface area contributed by atoms with Gasteiger partial charge in [-0.05, 0) is 23.5 Å². The molecule has 6 nitrogen and oxygen atoms in total. The standard InChI is InChI=1S/C16H23NO3.C3H10N2/c1-16(2,3)14-8-12(15(19)13(9-14)11-18)10-17-4-6-20-7-5-17;1-2-3(4)5/h8-9,11,19H,4-7,10H2,1-3H3;3H,2,4-5H2,1H3. The molecule has 1 aliphatic rings. The van der Waals surface area contributed by atoms with E-state index in [1.807, 2.05) is 13.0 Å². The lowest BCUT2D eigenvalue weighted by molar-refractivity contribution is 0.0338. The third-order valence-corrected chi connectivity index (χ3v) is 4.18. The van der Waals surface area contributed by atoms with Crippen molar-refractivity contribution < 1.29 is 14.6 Å². The van der Waals surface area contributed by atoms with Crippen LogP contribution >= 0.6 is 0 Å². The van der Waals surface area contributed by atoms with Gasteiger partial charge >= 0.3 is 0 Å². The first kappa shape index (κ1) is 21.6. The quantitative estimate of drug-likeness (QED) is 0.566. The van der Waals surface area contributed by atoms with Crippen LogP contribution in [-0.2, 0) is 16.7 Å². The molecular weight excluding hydrogens is 318 g/mol. The van der Waals surface area contributed by atoms with E-state index in [9.17, 15) is 9.90 Å². The lowest BCUT2D eigenvalue weighted by Crippen LogP contribution is -2.35. The summed E-state index contributed by atoms with van der Waals surface area (Å²) in [6.45, 7) is 12.1. The molecule has 0 aromatic heterocycles. The Bertz CT molecular complexity index is 548. The van der Waals surface area contributed by atoms with Crippen LogP contribution in [0.4, 0.5) is 0 Å². The Kier molecular flexibility index (Phi) is 8.52. The van der Waals surface area contributed by atoms with Crippen LogP contribution in [0, 0.1) is 0 Å². The van der Waals surface area contributed by atoms with Gasteiger partial charge in [-0.1, -0.05) is 33.8 Å². The van der Waals surface area contributed by atoms with E-state index in [0.29, 0.717) is 12.1 Å². The molecule has 0 spiro atoms. The maximum Gasteiger partial charge on any atom is 0.153 e. The molecule has 0 saturated carbocycles. The molecular formula is C19H33N3O3. The highest BCUT2D eigenvalue weighted by Crippen LogP contribution is 2.31. The van der Waals surface area contributed by atoms with Gasteiger partial charge in [0, 0.05) is 25.2 Å². The Hall–Kier alpha value is -1.47. The summed E-state index contributed by atoms with van der Waals surface area (Å²) in [6.07, 6.45) is 1.47. The second-order valence-electron chi connectivity index (χ2n) is 7.40. The van der Waals surface area contributed by atoms with Gasteiger partial charge in [-0.2, -0.15) is 0 Å². The monoisotopic (exact) mass is 351 g/mol. The third-order valence-electron chi connectivity index (χ3n) is 4.18. The van der Waals surface area contributed by atoms with Crippen LogP contribution in [0.5, 0.6) is 5.75 Å². The number of hydrogen-bond donors (Lipinski definition) is 3. The minimum atomic E-state index is -0.116. The van der Waals surface area contributed by atoms with E-state index >= 15 is 0 Å². The lowest BCUT2D eigenvalue weighted by Gasteiger charge is -2.28.